The minimum atomic E-state index is -1.28. The Hall–Kier alpha value is -1.32. The maximum Gasteiger partial charge on any atom is 0.317 e. The summed E-state index contributed by atoms with van der Waals surface area (Å²) in [5.41, 5.74) is 0. The summed E-state index contributed by atoms with van der Waals surface area (Å²) in [4.78, 5) is 20.9. The quantitative estimate of drug-likeness (QED) is 0.486. The molecule has 0 radical (unpaired) electrons. The summed E-state index contributed by atoms with van der Waals surface area (Å²) in [5, 5.41) is 17.1. The molecule has 0 saturated heterocycles. The first-order valence-corrected chi connectivity index (χ1v) is 4.70. The van der Waals surface area contributed by atoms with Crippen molar-refractivity contribution in [3.63, 3.8) is 0 Å². The van der Waals surface area contributed by atoms with Crippen LogP contribution in [0.1, 0.15) is 32.6 Å². The molecule has 4 nitrogen and oxygen atoms in total. The largest absolute Gasteiger partial charge is 0.481 e. The lowest BCUT2D eigenvalue weighted by Gasteiger charge is -2.03. The fourth-order valence-electron chi connectivity index (χ4n) is 1.02. The van der Waals surface area contributed by atoms with E-state index in [0.717, 1.165) is 12.8 Å². The number of carbonyl (C=O) groups is 2. The van der Waals surface area contributed by atoms with Crippen LogP contribution < -0.4 is 0 Å². The van der Waals surface area contributed by atoms with E-state index in [-0.39, 0.29) is 6.42 Å². The predicted molar refractivity (Wildman–Crippen MR) is 52.0 cm³/mol. The fourth-order valence-corrected chi connectivity index (χ4v) is 1.02. The van der Waals surface area contributed by atoms with Crippen molar-refractivity contribution in [2.75, 3.05) is 0 Å². The molecule has 0 saturated carbocycles. The van der Waals surface area contributed by atoms with Gasteiger partial charge in [0, 0.05) is 0 Å². The number of hydrogen-bond acceptors (Lipinski definition) is 2. The van der Waals surface area contributed by atoms with Crippen molar-refractivity contribution in [1.82, 2.24) is 0 Å². The molecule has 4 heteroatoms. The lowest BCUT2D eigenvalue weighted by Crippen LogP contribution is -2.22. The summed E-state index contributed by atoms with van der Waals surface area (Å²) in [5.74, 6) is -3.80. The molecular formula is C10H16O4. The Bertz CT molecular complexity index is 206. The third-order valence-electron chi connectivity index (χ3n) is 1.84. The van der Waals surface area contributed by atoms with Crippen LogP contribution >= 0.6 is 0 Å². The van der Waals surface area contributed by atoms with E-state index in [1.807, 2.05) is 19.1 Å². The number of allylic oxidation sites excluding steroid dienone is 2. The Morgan fingerprint density at radius 2 is 1.64 bits per heavy atom. The molecule has 14 heavy (non-hydrogen) atoms. The molecule has 0 atom stereocenters. The monoisotopic (exact) mass is 200 g/mol. The van der Waals surface area contributed by atoms with Gasteiger partial charge in [0.1, 0.15) is 0 Å². The molecular weight excluding hydrogens is 184 g/mol. The molecule has 0 spiro atoms. The van der Waals surface area contributed by atoms with E-state index in [4.69, 9.17) is 10.2 Å². The third-order valence-corrected chi connectivity index (χ3v) is 1.84. The molecule has 0 aromatic heterocycles. The second kappa shape index (κ2) is 7.12. The molecule has 80 valence electrons. The lowest BCUT2D eigenvalue weighted by molar-refractivity contribution is -0.154. The van der Waals surface area contributed by atoms with Crippen LogP contribution in [0.2, 0.25) is 0 Å². The van der Waals surface area contributed by atoms with Gasteiger partial charge in [0.05, 0.1) is 0 Å². The summed E-state index contributed by atoms with van der Waals surface area (Å²) < 4.78 is 0. The maximum absolute atomic E-state index is 10.5. The predicted octanol–water partition coefficient (Wildman–Crippen LogP) is 1.91. The molecule has 2 N–H and O–H groups in total. The molecule has 0 aliphatic carbocycles. The Labute approximate surface area is 83.2 Å². The first-order valence-electron chi connectivity index (χ1n) is 4.70. The number of aliphatic carboxylic acids is 2. The number of hydrogen-bond donors (Lipinski definition) is 2. The number of unbranched alkanes of at least 4 members (excludes halogenated alkanes) is 1. The maximum atomic E-state index is 10.5. The number of carboxylic acid groups (broad SMARTS) is 2. The normalized spacial score (nSPS) is 11.0. The summed E-state index contributed by atoms with van der Waals surface area (Å²) in [6, 6.07) is 0. The van der Waals surface area contributed by atoms with Gasteiger partial charge in [-0.2, -0.15) is 0 Å². The first kappa shape index (κ1) is 12.7. The highest BCUT2D eigenvalue weighted by molar-refractivity contribution is 5.92. The van der Waals surface area contributed by atoms with Crippen LogP contribution in [-0.2, 0) is 9.59 Å². The first-order chi connectivity index (χ1) is 6.59. The van der Waals surface area contributed by atoms with Gasteiger partial charge < -0.3 is 10.2 Å². The number of rotatable bonds is 7. The molecule has 0 fully saturated rings. The van der Waals surface area contributed by atoms with Crippen LogP contribution in [0.15, 0.2) is 12.2 Å². The van der Waals surface area contributed by atoms with Gasteiger partial charge in [0.25, 0.3) is 0 Å². The van der Waals surface area contributed by atoms with Gasteiger partial charge in [-0.15, -0.1) is 0 Å². The van der Waals surface area contributed by atoms with Crippen LogP contribution in [-0.4, -0.2) is 22.2 Å². The van der Waals surface area contributed by atoms with E-state index in [1.54, 1.807) is 0 Å². The molecule has 0 heterocycles. The van der Waals surface area contributed by atoms with E-state index in [9.17, 15) is 9.59 Å². The van der Waals surface area contributed by atoms with Gasteiger partial charge in [-0.1, -0.05) is 25.5 Å². The average molecular weight is 200 g/mol. The highest BCUT2D eigenvalue weighted by atomic mass is 16.4. The van der Waals surface area contributed by atoms with Gasteiger partial charge in [-0.05, 0) is 19.3 Å². The molecule has 0 rings (SSSR count). The SMILES string of the molecule is CCC/C=C/CCC(C(=O)O)C(=O)O. The summed E-state index contributed by atoms with van der Waals surface area (Å²) in [7, 11) is 0. The summed E-state index contributed by atoms with van der Waals surface area (Å²) in [6.45, 7) is 2.04. The van der Waals surface area contributed by atoms with Crippen molar-refractivity contribution in [3.05, 3.63) is 12.2 Å². The second-order valence-corrected chi connectivity index (χ2v) is 3.07. The molecule has 0 aromatic carbocycles. The molecule has 0 aliphatic rings. The standard InChI is InChI=1S/C10H16O4/c1-2-3-4-5-6-7-8(9(11)12)10(13)14/h4-5,8H,2-3,6-7H2,1H3,(H,11,12)(H,13,14)/b5-4+. The van der Waals surface area contributed by atoms with Gasteiger partial charge in [-0.25, -0.2) is 0 Å². The fraction of sp³-hybridized carbons (Fsp3) is 0.600. The second-order valence-electron chi connectivity index (χ2n) is 3.07. The molecule has 0 aliphatic heterocycles. The van der Waals surface area contributed by atoms with E-state index < -0.39 is 17.9 Å². The smallest absolute Gasteiger partial charge is 0.317 e. The lowest BCUT2D eigenvalue weighted by atomic mass is 10.0. The minimum Gasteiger partial charge on any atom is -0.481 e. The Morgan fingerprint density at radius 3 is 2.07 bits per heavy atom. The van der Waals surface area contributed by atoms with Gasteiger partial charge >= 0.3 is 11.9 Å². The van der Waals surface area contributed by atoms with E-state index in [2.05, 4.69) is 0 Å². The van der Waals surface area contributed by atoms with Crippen molar-refractivity contribution in [2.45, 2.75) is 32.6 Å². The Morgan fingerprint density at radius 1 is 1.14 bits per heavy atom. The Balaban J connectivity index is 3.84. The number of carboxylic acids is 2. The third kappa shape index (κ3) is 5.35. The van der Waals surface area contributed by atoms with E-state index in [1.165, 1.54) is 0 Å². The van der Waals surface area contributed by atoms with Crippen molar-refractivity contribution >= 4 is 11.9 Å². The zero-order chi connectivity index (χ0) is 11.0. The average Bonchev–Trinajstić information content (AvgIpc) is 2.09. The van der Waals surface area contributed by atoms with Gasteiger partial charge in [-0.3, -0.25) is 9.59 Å². The highest BCUT2D eigenvalue weighted by Gasteiger charge is 2.24. The Kier molecular flexibility index (Phi) is 6.45. The van der Waals surface area contributed by atoms with E-state index >= 15 is 0 Å². The topological polar surface area (TPSA) is 74.6 Å². The van der Waals surface area contributed by atoms with Crippen molar-refractivity contribution in [1.29, 1.82) is 0 Å². The highest BCUT2D eigenvalue weighted by Crippen LogP contribution is 2.08. The zero-order valence-electron chi connectivity index (χ0n) is 8.27. The van der Waals surface area contributed by atoms with Crippen LogP contribution in [0, 0.1) is 5.92 Å². The molecule has 0 unspecified atom stereocenters. The minimum absolute atomic E-state index is 0.158. The zero-order valence-corrected chi connectivity index (χ0v) is 8.27. The van der Waals surface area contributed by atoms with Gasteiger partial charge in [0.2, 0.25) is 0 Å². The van der Waals surface area contributed by atoms with E-state index in [0.29, 0.717) is 6.42 Å². The van der Waals surface area contributed by atoms with Crippen molar-refractivity contribution in [2.24, 2.45) is 5.92 Å². The molecule has 0 amide bonds. The van der Waals surface area contributed by atoms with Gasteiger partial charge in [0.15, 0.2) is 5.92 Å². The van der Waals surface area contributed by atoms with Crippen molar-refractivity contribution < 1.29 is 19.8 Å². The van der Waals surface area contributed by atoms with Crippen LogP contribution in [0.3, 0.4) is 0 Å². The molecule has 0 aromatic rings. The summed E-state index contributed by atoms with van der Waals surface area (Å²) in [6.07, 6.45) is 6.43. The van der Waals surface area contributed by atoms with Crippen LogP contribution in [0.5, 0.6) is 0 Å². The van der Waals surface area contributed by atoms with Crippen LogP contribution in [0.4, 0.5) is 0 Å². The summed E-state index contributed by atoms with van der Waals surface area (Å²) >= 11 is 0. The molecule has 0 bridgehead atoms. The van der Waals surface area contributed by atoms with Crippen molar-refractivity contribution in [3.8, 4) is 0 Å². The van der Waals surface area contributed by atoms with Crippen LogP contribution in [0.25, 0.3) is 0 Å².